The van der Waals surface area contributed by atoms with Crippen molar-refractivity contribution in [3.8, 4) is 6.07 Å². The van der Waals surface area contributed by atoms with Gasteiger partial charge in [0.15, 0.2) is 5.78 Å². The number of Topliss-reactive ketones (excluding diaryl/α,β-unsaturated/α-hetero) is 1. The number of carbonyl (C=O) groups excluding carboxylic acids is 1. The summed E-state index contributed by atoms with van der Waals surface area (Å²) < 4.78 is 1.26. The topological polar surface area (TPSA) is 40.9 Å². The second-order valence-corrected chi connectivity index (χ2v) is 7.08. The molecule has 2 atom stereocenters. The van der Waals surface area contributed by atoms with Gasteiger partial charge in [0.2, 0.25) is 0 Å². The van der Waals surface area contributed by atoms with Crippen molar-refractivity contribution in [2.75, 3.05) is 0 Å². The van der Waals surface area contributed by atoms with Crippen molar-refractivity contribution in [1.82, 2.24) is 0 Å². The largest absolute Gasteiger partial charge is 0.294 e. The van der Waals surface area contributed by atoms with Crippen LogP contribution in [0.15, 0.2) is 51.6 Å². The first kappa shape index (κ1) is 17.9. The predicted molar refractivity (Wildman–Crippen MR) is 102 cm³/mol. The van der Waals surface area contributed by atoms with E-state index in [2.05, 4.69) is 54.7 Å². The third kappa shape index (κ3) is 3.74. The summed E-state index contributed by atoms with van der Waals surface area (Å²) in [5.41, 5.74) is 1.93. The number of halogens is 1. The molecule has 0 N–H and O–H groups in total. The molecule has 1 aromatic carbocycles. The second-order valence-electron chi connectivity index (χ2n) is 6.00. The van der Waals surface area contributed by atoms with E-state index in [1.54, 1.807) is 0 Å². The Morgan fingerprint density at radius 1 is 1.30 bits per heavy atom. The van der Waals surface area contributed by atoms with Gasteiger partial charge in [0.05, 0.1) is 6.07 Å². The van der Waals surface area contributed by atoms with E-state index in [1.807, 2.05) is 30.3 Å². The number of carbonyl (C=O) groups is 1. The summed E-state index contributed by atoms with van der Waals surface area (Å²) in [5.74, 6) is 0.331. The third-order valence-corrected chi connectivity index (χ3v) is 6.49. The number of ketones is 1. The van der Waals surface area contributed by atoms with Gasteiger partial charge < -0.3 is 0 Å². The van der Waals surface area contributed by atoms with E-state index >= 15 is 0 Å². The molecule has 0 saturated heterocycles. The maximum atomic E-state index is 12.5. The van der Waals surface area contributed by atoms with Gasteiger partial charge in [-0.15, -0.1) is 0 Å². The van der Waals surface area contributed by atoms with Crippen LogP contribution in [0.3, 0.4) is 0 Å². The molecule has 2 nitrogen and oxygen atoms in total. The lowest BCUT2D eigenvalue weighted by Gasteiger charge is -2.35. The second kappa shape index (κ2) is 7.92. The van der Waals surface area contributed by atoms with Gasteiger partial charge in [0.25, 0.3) is 0 Å². The Balaban J connectivity index is 2.27. The average Bonchev–Trinajstić information content (AvgIpc) is 2.58. The van der Waals surface area contributed by atoms with E-state index in [0.29, 0.717) is 12.8 Å². The number of allylic oxidation sites excluding steroid dienone is 4. The molecule has 23 heavy (non-hydrogen) atoms. The average molecular weight is 419 g/mol. The van der Waals surface area contributed by atoms with E-state index in [0.717, 1.165) is 18.4 Å². The van der Waals surface area contributed by atoms with Crippen molar-refractivity contribution < 1.29 is 4.79 Å². The number of nitriles is 1. The highest BCUT2D eigenvalue weighted by Gasteiger charge is 2.35. The van der Waals surface area contributed by atoms with E-state index in [4.69, 9.17) is 0 Å². The summed E-state index contributed by atoms with van der Waals surface area (Å²) in [6.07, 6.45) is 7.16. The van der Waals surface area contributed by atoms with Gasteiger partial charge in [-0.2, -0.15) is 5.26 Å². The van der Waals surface area contributed by atoms with Crippen LogP contribution in [0.4, 0.5) is 0 Å². The van der Waals surface area contributed by atoms with Gasteiger partial charge in [0, 0.05) is 33.3 Å². The predicted octanol–water partition coefficient (Wildman–Crippen LogP) is 5.85. The highest BCUT2D eigenvalue weighted by Crippen LogP contribution is 2.48. The fraction of sp³-hybridized carbons (Fsp3) is 0.400. The van der Waals surface area contributed by atoms with Crippen LogP contribution >= 0.6 is 22.6 Å². The molecule has 120 valence electrons. The molecule has 0 amide bonds. The molecule has 0 spiro atoms. The molecule has 0 radical (unpaired) electrons. The van der Waals surface area contributed by atoms with Gasteiger partial charge in [0.1, 0.15) is 0 Å². The number of rotatable bonds is 6. The SMILES string of the molecule is CCC1=C(I)[C@@](CC)(CC#N)C=C[C@H]1CC(=O)c1ccccc1. The first-order valence-corrected chi connectivity index (χ1v) is 9.19. The van der Waals surface area contributed by atoms with Gasteiger partial charge in [-0.1, -0.05) is 61.9 Å². The zero-order valence-electron chi connectivity index (χ0n) is 13.7. The minimum absolute atomic E-state index is 0.151. The van der Waals surface area contributed by atoms with Crippen molar-refractivity contribution in [3.63, 3.8) is 0 Å². The normalized spacial score (nSPS) is 23.7. The lowest BCUT2D eigenvalue weighted by Crippen LogP contribution is -2.25. The molecule has 2 rings (SSSR count). The van der Waals surface area contributed by atoms with E-state index in [9.17, 15) is 10.1 Å². The summed E-state index contributed by atoms with van der Waals surface area (Å²) in [4.78, 5) is 12.5. The number of hydrogen-bond donors (Lipinski definition) is 0. The molecule has 0 unspecified atom stereocenters. The van der Waals surface area contributed by atoms with Crippen LogP contribution in [0.1, 0.15) is 49.9 Å². The Bertz CT molecular complexity index is 669. The highest BCUT2D eigenvalue weighted by molar-refractivity contribution is 14.1. The minimum Gasteiger partial charge on any atom is -0.294 e. The van der Waals surface area contributed by atoms with Crippen molar-refractivity contribution in [2.45, 2.75) is 39.5 Å². The lowest BCUT2D eigenvalue weighted by atomic mass is 9.72. The Morgan fingerprint density at radius 2 is 2.00 bits per heavy atom. The van der Waals surface area contributed by atoms with Crippen LogP contribution < -0.4 is 0 Å². The zero-order valence-corrected chi connectivity index (χ0v) is 15.8. The molecular formula is C20H22INO. The molecule has 0 aliphatic heterocycles. The minimum atomic E-state index is -0.160. The van der Waals surface area contributed by atoms with Crippen LogP contribution in [0, 0.1) is 22.7 Å². The molecule has 0 aromatic heterocycles. The van der Waals surface area contributed by atoms with Gasteiger partial charge in [-0.3, -0.25) is 4.79 Å². The van der Waals surface area contributed by atoms with Crippen LogP contribution in [0.25, 0.3) is 0 Å². The van der Waals surface area contributed by atoms with Gasteiger partial charge in [-0.05, 0) is 35.4 Å². The van der Waals surface area contributed by atoms with E-state index in [1.165, 1.54) is 9.15 Å². The Hall–Kier alpha value is -1.41. The highest BCUT2D eigenvalue weighted by atomic mass is 127. The van der Waals surface area contributed by atoms with Crippen molar-refractivity contribution in [2.24, 2.45) is 11.3 Å². The maximum absolute atomic E-state index is 12.5. The van der Waals surface area contributed by atoms with Gasteiger partial charge in [-0.25, -0.2) is 0 Å². The Labute approximate surface area is 152 Å². The summed E-state index contributed by atoms with van der Waals surface area (Å²) in [7, 11) is 0. The van der Waals surface area contributed by atoms with Crippen LogP contribution in [0.2, 0.25) is 0 Å². The first-order chi connectivity index (χ1) is 11.1. The summed E-state index contributed by atoms with van der Waals surface area (Å²) in [6.45, 7) is 4.27. The third-order valence-electron chi connectivity index (χ3n) is 4.72. The van der Waals surface area contributed by atoms with Crippen molar-refractivity contribution >= 4 is 28.4 Å². The molecule has 0 bridgehead atoms. The molecular weight excluding hydrogens is 397 g/mol. The smallest absolute Gasteiger partial charge is 0.163 e. The maximum Gasteiger partial charge on any atom is 0.163 e. The van der Waals surface area contributed by atoms with Crippen molar-refractivity contribution in [3.05, 3.63) is 57.2 Å². The number of nitrogens with zero attached hydrogens (tertiary/aromatic N) is 1. The van der Waals surface area contributed by atoms with E-state index in [-0.39, 0.29) is 17.1 Å². The molecule has 0 fully saturated rings. The summed E-state index contributed by atoms with van der Waals surface area (Å²) in [5, 5.41) is 9.19. The van der Waals surface area contributed by atoms with Crippen LogP contribution in [0.5, 0.6) is 0 Å². The molecule has 1 aliphatic carbocycles. The molecule has 0 heterocycles. The van der Waals surface area contributed by atoms with Crippen LogP contribution in [-0.4, -0.2) is 5.78 Å². The number of benzene rings is 1. The molecule has 1 aliphatic rings. The van der Waals surface area contributed by atoms with Crippen molar-refractivity contribution in [1.29, 1.82) is 5.26 Å². The molecule has 1 aromatic rings. The quantitative estimate of drug-likeness (QED) is 0.330. The summed E-state index contributed by atoms with van der Waals surface area (Å²) in [6, 6.07) is 11.8. The Morgan fingerprint density at radius 3 is 2.57 bits per heavy atom. The lowest BCUT2D eigenvalue weighted by molar-refractivity contribution is 0.0972. The standard InChI is InChI=1S/C20H22INO/c1-3-17-16(14-18(23)15-8-6-5-7-9-15)10-11-20(4-2,12-13-22)19(17)21/h5-11,16H,3-4,12,14H2,1-2H3/t16-,20+/m0/s1. The van der Waals surface area contributed by atoms with Gasteiger partial charge >= 0.3 is 0 Å². The van der Waals surface area contributed by atoms with Crippen LogP contribution in [-0.2, 0) is 0 Å². The molecule has 3 heteroatoms. The molecule has 0 saturated carbocycles. The fourth-order valence-corrected chi connectivity index (χ4v) is 4.73. The first-order valence-electron chi connectivity index (χ1n) is 8.11. The monoisotopic (exact) mass is 419 g/mol. The van der Waals surface area contributed by atoms with E-state index < -0.39 is 0 Å². The zero-order chi connectivity index (χ0) is 16.9. The fourth-order valence-electron chi connectivity index (χ4n) is 3.20. The summed E-state index contributed by atoms with van der Waals surface area (Å²) >= 11 is 2.40. The Kier molecular flexibility index (Phi) is 6.17. The number of hydrogen-bond acceptors (Lipinski definition) is 2.